The molecule has 0 radical (unpaired) electrons. The highest BCUT2D eigenvalue weighted by atomic mass is 16.4. The molecule has 0 aromatic rings. The average Bonchev–Trinajstić information content (AvgIpc) is 2.27. The summed E-state index contributed by atoms with van der Waals surface area (Å²) in [6.45, 7) is 5.75. The summed E-state index contributed by atoms with van der Waals surface area (Å²) in [6, 6.07) is 0. The minimum absolute atomic E-state index is 0.0660. The molecule has 98 valence electrons. The van der Waals surface area contributed by atoms with Crippen molar-refractivity contribution in [2.45, 2.75) is 52.4 Å². The molecule has 0 saturated heterocycles. The smallest absolute Gasteiger partial charge is 0.317 e. The molecule has 0 aliphatic carbocycles. The summed E-state index contributed by atoms with van der Waals surface area (Å²) in [5, 5.41) is 10.6. The van der Waals surface area contributed by atoms with Gasteiger partial charge in [0.1, 0.15) is 0 Å². The quantitative estimate of drug-likeness (QED) is 0.531. The molecule has 0 bridgehead atoms. The molecule has 0 spiro atoms. The Balaban J connectivity index is 0. The standard InChI is InChI=1S/C8H19N.C4H9NO2/c1-2-3-4-5-6-7-8-9;1-2-5-3-4(6)7/h2-9H2,1H3;5H,2-3H2,1H3,(H,6,7). The molecule has 0 aromatic heterocycles. The Morgan fingerprint density at radius 3 is 2.06 bits per heavy atom. The zero-order chi connectivity index (χ0) is 12.6. The Labute approximate surface area is 99.6 Å². The van der Waals surface area contributed by atoms with Crippen LogP contribution in [0.1, 0.15) is 52.4 Å². The highest BCUT2D eigenvalue weighted by molar-refractivity contribution is 5.68. The van der Waals surface area contributed by atoms with E-state index < -0.39 is 5.97 Å². The molecule has 16 heavy (non-hydrogen) atoms. The summed E-state index contributed by atoms with van der Waals surface area (Å²) in [7, 11) is 0. The SMILES string of the molecule is CCCCCCCCN.CCNCC(=O)O. The van der Waals surface area contributed by atoms with Crippen molar-refractivity contribution in [3.8, 4) is 0 Å². The first-order chi connectivity index (χ1) is 7.68. The predicted molar refractivity (Wildman–Crippen MR) is 68.6 cm³/mol. The Hall–Kier alpha value is -0.610. The molecular weight excluding hydrogens is 204 g/mol. The van der Waals surface area contributed by atoms with Gasteiger partial charge in [-0.25, -0.2) is 0 Å². The van der Waals surface area contributed by atoms with Crippen LogP contribution >= 0.6 is 0 Å². The van der Waals surface area contributed by atoms with Crippen molar-refractivity contribution in [1.82, 2.24) is 5.32 Å². The summed E-state index contributed by atoms with van der Waals surface area (Å²) in [5.41, 5.74) is 5.34. The fourth-order valence-electron chi connectivity index (χ4n) is 1.16. The van der Waals surface area contributed by atoms with Crippen LogP contribution in [0, 0.1) is 0 Å². The third kappa shape index (κ3) is 23.3. The number of hydrogen-bond acceptors (Lipinski definition) is 3. The fourth-order valence-corrected chi connectivity index (χ4v) is 1.16. The van der Waals surface area contributed by atoms with E-state index >= 15 is 0 Å². The lowest BCUT2D eigenvalue weighted by Gasteiger charge is -1.96. The van der Waals surface area contributed by atoms with Crippen LogP contribution < -0.4 is 11.1 Å². The van der Waals surface area contributed by atoms with E-state index in [2.05, 4.69) is 12.2 Å². The molecule has 0 rings (SSSR count). The number of carbonyl (C=O) groups is 1. The van der Waals surface area contributed by atoms with Crippen molar-refractivity contribution in [2.24, 2.45) is 5.73 Å². The minimum atomic E-state index is -0.804. The second-order valence-corrected chi connectivity index (χ2v) is 3.73. The number of carboxylic acids is 1. The van der Waals surface area contributed by atoms with Crippen LogP contribution in [0.3, 0.4) is 0 Å². The van der Waals surface area contributed by atoms with E-state index in [4.69, 9.17) is 10.8 Å². The maximum Gasteiger partial charge on any atom is 0.317 e. The van der Waals surface area contributed by atoms with Crippen LogP contribution in [0.4, 0.5) is 0 Å². The number of nitrogens with one attached hydrogen (secondary N) is 1. The van der Waals surface area contributed by atoms with Gasteiger partial charge in [-0.2, -0.15) is 0 Å². The van der Waals surface area contributed by atoms with Crippen molar-refractivity contribution >= 4 is 5.97 Å². The first-order valence-electron chi connectivity index (χ1n) is 6.31. The molecule has 0 atom stereocenters. The van der Waals surface area contributed by atoms with Gasteiger partial charge in [0.2, 0.25) is 0 Å². The number of nitrogens with two attached hydrogens (primary N) is 1. The normalized spacial score (nSPS) is 9.44. The topological polar surface area (TPSA) is 75.3 Å². The summed E-state index contributed by atoms with van der Waals surface area (Å²) in [4.78, 5) is 9.70. The average molecular weight is 232 g/mol. The second-order valence-electron chi connectivity index (χ2n) is 3.73. The van der Waals surface area contributed by atoms with Gasteiger partial charge in [-0.15, -0.1) is 0 Å². The van der Waals surface area contributed by atoms with Gasteiger partial charge >= 0.3 is 5.97 Å². The van der Waals surface area contributed by atoms with Crippen molar-refractivity contribution < 1.29 is 9.90 Å². The Kier molecular flexibility index (Phi) is 18.7. The summed E-state index contributed by atoms with van der Waals surface area (Å²) in [5.74, 6) is -0.804. The predicted octanol–water partition coefficient (Wildman–Crippen LogP) is 1.99. The zero-order valence-corrected chi connectivity index (χ0v) is 10.8. The molecule has 4 nitrogen and oxygen atoms in total. The third-order valence-corrected chi connectivity index (χ3v) is 2.08. The molecular formula is C12H28N2O2. The van der Waals surface area contributed by atoms with E-state index in [-0.39, 0.29) is 6.54 Å². The third-order valence-electron chi connectivity index (χ3n) is 2.08. The summed E-state index contributed by atoms with van der Waals surface area (Å²) >= 11 is 0. The van der Waals surface area contributed by atoms with Crippen LogP contribution in [-0.4, -0.2) is 30.7 Å². The van der Waals surface area contributed by atoms with Crippen LogP contribution in [0.15, 0.2) is 0 Å². The van der Waals surface area contributed by atoms with E-state index in [0.29, 0.717) is 6.54 Å². The van der Waals surface area contributed by atoms with Crippen LogP contribution in [0.25, 0.3) is 0 Å². The number of unbranched alkanes of at least 4 members (excludes halogenated alkanes) is 5. The molecule has 4 heteroatoms. The van der Waals surface area contributed by atoms with Crippen molar-refractivity contribution in [3.63, 3.8) is 0 Å². The van der Waals surface area contributed by atoms with E-state index in [1.807, 2.05) is 6.92 Å². The molecule has 0 unspecified atom stereocenters. The molecule has 4 N–H and O–H groups in total. The van der Waals surface area contributed by atoms with Crippen LogP contribution in [0.2, 0.25) is 0 Å². The molecule has 0 heterocycles. The van der Waals surface area contributed by atoms with Gasteiger partial charge in [0.05, 0.1) is 6.54 Å². The number of likely N-dealkylation sites (N-methyl/N-ethyl adjacent to an activating group) is 1. The van der Waals surface area contributed by atoms with Crippen molar-refractivity contribution in [1.29, 1.82) is 0 Å². The van der Waals surface area contributed by atoms with Gasteiger partial charge in [-0.3, -0.25) is 4.79 Å². The van der Waals surface area contributed by atoms with E-state index in [0.717, 1.165) is 6.54 Å². The Morgan fingerprint density at radius 1 is 1.12 bits per heavy atom. The monoisotopic (exact) mass is 232 g/mol. The molecule has 0 aliphatic heterocycles. The highest BCUT2D eigenvalue weighted by Gasteiger charge is 1.89. The van der Waals surface area contributed by atoms with Crippen LogP contribution in [-0.2, 0) is 4.79 Å². The zero-order valence-electron chi connectivity index (χ0n) is 10.8. The second kappa shape index (κ2) is 16.8. The highest BCUT2D eigenvalue weighted by Crippen LogP contribution is 2.03. The Bertz CT molecular complexity index is 135. The molecule has 0 amide bonds. The lowest BCUT2D eigenvalue weighted by atomic mass is 10.1. The van der Waals surface area contributed by atoms with Gasteiger partial charge in [0.15, 0.2) is 0 Å². The van der Waals surface area contributed by atoms with E-state index in [9.17, 15) is 4.79 Å². The van der Waals surface area contributed by atoms with Gasteiger partial charge in [0.25, 0.3) is 0 Å². The molecule has 0 saturated carbocycles. The van der Waals surface area contributed by atoms with E-state index in [1.165, 1.54) is 38.5 Å². The van der Waals surface area contributed by atoms with E-state index in [1.54, 1.807) is 0 Å². The first-order valence-corrected chi connectivity index (χ1v) is 6.31. The summed E-state index contributed by atoms with van der Waals surface area (Å²) < 4.78 is 0. The number of aliphatic carboxylic acids is 1. The van der Waals surface area contributed by atoms with Gasteiger partial charge in [-0.05, 0) is 19.5 Å². The lowest BCUT2D eigenvalue weighted by molar-refractivity contribution is -0.135. The van der Waals surface area contributed by atoms with Crippen LogP contribution in [0.5, 0.6) is 0 Å². The lowest BCUT2D eigenvalue weighted by Crippen LogP contribution is -2.21. The largest absolute Gasteiger partial charge is 0.480 e. The number of carboxylic acid groups (broad SMARTS) is 1. The van der Waals surface area contributed by atoms with Gasteiger partial charge < -0.3 is 16.2 Å². The molecule has 0 aromatic carbocycles. The number of hydrogen-bond donors (Lipinski definition) is 3. The van der Waals surface area contributed by atoms with Gasteiger partial charge in [-0.1, -0.05) is 46.0 Å². The fraction of sp³-hybridized carbons (Fsp3) is 0.917. The van der Waals surface area contributed by atoms with Crippen molar-refractivity contribution in [3.05, 3.63) is 0 Å². The molecule has 0 fully saturated rings. The maximum atomic E-state index is 9.70. The maximum absolute atomic E-state index is 9.70. The Morgan fingerprint density at radius 2 is 1.69 bits per heavy atom. The minimum Gasteiger partial charge on any atom is -0.480 e. The number of rotatable bonds is 9. The summed E-state index contributed by atoms with van der Waals surface area (Å²) in [6.07, 6.45) is 8.05. The van der Waals surface area contributed by atoms with Gasteiger partial charge in [0, 0.05) is 0 Å². The molecule has 0 aliphatic rings. The van der Waals surface area contributed by atoms with Crippen molar-refractivity contribution in [2.75, 3.05) is 19.6 Å². The first kappa shape index (κ1) is 17.8.